The van der Waals surface area contributed by atoms with E-state index in [2.05, 4.69) is 455 Å². The number of thiophene rings is 2. The van der Waals surface area contributed by atoms with Gasteiger partial charge in [-0.15, -0.1) is 22.7 Å². The number of anilines is 11. The summed E-state index contributed by atoms with van der Waals surface area (Å²) in [7, 11) is 0. The van der Waals surface area contributed by atoms with Crippen molar-refractivity contribution in [1.82, 2.24) is 9.13 Å². The van der Waals surface area contributed by atoms with E-state index < -0.39 is 0 Å². The van der Waals surface area contributed by atoms with Crippen molar-refractivity contribution in [3.05, 3.63) is 402 Å². The summed E-state index contributed by atoms with van der Waals surface area (Å²) in [6.07, 6.45) is 4.08. The molecule has 0 spiro atoms. The molecule has 0 bridgehead atoms. The summed E-state index contributed by atoms with van der Waals surface area (Å²) in [5.41, 5.74) is 19.1. The first-order valence-corrected chi connectivity index (χ1v) is 41.9. The topological polar surface area (TPSA) is 31.6 Å². The molecule has 0 atom stereocenters. The molecule has 0 aliphatic heterocycles. The van der Waals surface area contributed by atoms with Crippen molar-refractivity contribution in [3.8, 4) is 11.4 Å². The minimum atomic E-state index is 0.994. The Kier molecular flexibility index (Phi) is 21.8. The molecule has 544 valence electrons. The number of halogens is 3. The summed E-state index contributed by atoms with van der Waals surface area (Å²) < 4.78 is 13.0. The summed E-state index contributed by atoms with van der Waals surface area (Å²) in [6.45, 7) is 4.42. The highest BCUT2D eigenvalue weighted by molar-refractivity contribution is 9.11. The molecule has 4 heterocycles. The van der Waals surface area contributed by atoms with Crippen molar-refractivity contribution in [2.45, 2.75) is 33.1 Å². The van der Waals surface area contributed by atoms with Gasteiger partial charge in [0, 0.05) is 149 Å². The summed E-state index contributed by atoms with van der Waals surface area (Å²) in [5.74, 6) is 0. The molecule has 0 unspecified atom stereocenters. The molecular weight excluding hydrogens is 1600 g/mol. The summed E-state index contributed by atoms with van der Waals surface area (Å²) in [4.78, 5) is 7.01. The molecule has 0 fully saturated rings. The molecule has 0 radical (unpaired) electrons. The minimum Gasteiger partial charge on any atom is -0.355 e. The average molecular weight is 1680 g/mol. The van der Waals surface area contributed by atoms with Crippen LogP contribution in [0.3, 0.4) is 0 Å². The Balaban J connectivity index is 0.000000129. The van der Waals surface area contributed by atoms with Gasteiger partial charge < -0.3 is 29.2 Å². The highest BCUT2D eigenvalue weighted by Gasteiger charge is 2.23. The zero-order valence-electron chi connectivity index (χ0n) is 61.8. The molecule has 0 saturated heterocycles. The van der Waals surface area contributed by atoms with Crippen LogP contribution in [0.25, 0.3) is 95.3 Å². The van der Waals surface area contributed by atoms with E-state index in [-0.39, 0.29) is 0 Å². The lowest BCUT2D eigenvalue weighted by Gasteiger charge is -2.30. The molecule has 6 nitrogen and oxygen atoms in total. The molecule has 112 heavy (non-hydrogen) atoms. The monoisotopic (exact) mass is 1670 g/mol. The van der Waals surface area contributed by atoms with Gasteiger partial charge in [0.1, 0.15) is 0 Å². The molecule has 20 aromatic rings. The fraction of sp³-hybridized carbons (Fsp3) is 0.0495. The first-order valence-electron chi connectivity index (χ1n) is 37.8. The predicted molar refractivity (Wildman–Crippen MR) is 496 cm³/mol. The number of benzene rings is 16. The lowest BCUT2D eigenvalue weighted by Crippen LogP contribution is -2.13. The molecule has 0 saturated carbocycles. The van der Waals surface area contributed by atoms with E-state index in [9.17, 15) is 0 Å². The van der Waals surface area contributed by atoms with Gasteiger partial charge in [-0.05, 0) is 194 Å². The van der Waals surface area contributed by atoms with Crippen molar-refractivity contribution in [3.63, 3.8) is 0 Å². The van der Waals surface area contributed by atoms with Crippen molar-refractivity contribution in [1.29, 1.82) is 0 Å². The Hall–Kier alpha value is -11.8. The number of fused-ring (bicyclic) bond motifs is 12. The number of hydrogen-bond donors (Lipinski definition) is 1. The summed E-state index contributed by atoms with van der Waals surface area (Å²) in [6, 6.07) is 138. The van der Waals surface area contributed by atoms with Crippen LogP contribution in [0.1, 0.15) is 33.1 Å². The zero-order valence-corrected chi connectivity index (χ0v) is 68.1. The SMILES string of the molecule is Brc1cc(Br)cc(N(c2ccccc2)c2ccc3sc4ccccc4c3c2)c1.Brc1cc(N(c2ccccc2)c2ccc3sc4ccccc4c3c2)cc(N(c2ccccc2)c2ccc3c4ccccc4n(-c4ccccc4)c3c2)c1.CCCCC.c1ccc(Nc2ccc3c4ccccc4n(-c4ccccc4)c3c2)cc1. The molecule has 0 aliphatic rings. The van der Waals surface area contributed by atoms with E-state index in [1.165, 1.54) is 103 Å². The maximum atomic E-state index is 3.96. The van der Waals surface area contributed by atoms with Gasteiger partial charge in [-0.1, -0.05) is 275 Å². The van der Waals surface area contributed by atoms with Gasteiger partial charge in [0.2, 0.25) is 0 Å². The van der Waals surface area contributed by atoms with Gasteiger partial charge in [0.05, 0.1) is 22.1 Å². The summed E-state index contributed by atoms with van der Waals surface area (Å²) in [5, 5.41) is 13.7. The van der Waals surface area contributed by atoms with E-state index >= 15 is 0 Å². The molecule has 11 heteroatoms. The van der Waals surface area contributed by atoms with Gasteiger partial charge in [0.25, 0.3) is 0 Å². The Bertz CT molecular complexity index is 6640. The Labute approximate surface area is 686 Å². The Morgan fingerprint density at radius 1 is 0.241 bits per heavy atom. The van der Waals surface area contributed by atoms with Crippen molar-refractivity contribution < 1.29 is 0 Å². The second-order valence-electron chi connectivity index (χ2n) is 27.5. The number of nitrogens with one attached hydrogen (secondary N) is 1. The first kappa shape index (κ1) is 73.0. The van der Waals surface area contributed by atoms with Crippen LogP contribution in [0.15, 0.2) is 402 Å². The van der Waals surface area contributed by atoms with Gasteiger partial charge in [-0.2, -0.15) is 0 Å². The fourth-order valence-corrected chi connectivity index (χ4v) is 19.1. The van der Waals surface area contributed by atoms with E-state index in [0.29, 0.717) is 0 Å². The molecule has 20 rings (SSSR count). The van der Waals surface area contributed by atoms with Gasteiger partial charge in [-0.25, -0.2) is 0 Å². The third-order valence-corrected chi connectivity index (χ3v) is 23.8. The van der Waals surface area contributed by atoms with E-state index in [1.54, 1.807) is 0 Å². The molecule has 4 aromatic heterocycles. The van der Waals surface area contributed by atoms with Crippen LogP contribution in [0, 0.1) is 0 Å². The Morgan fingerprint density at radius 3 is 1.01 bits per heavy atom. The largest absolute Gasteiger partial charge is 0.355 e. The van der Waals surface area contributed by atoms with Crippen LogP contribution < -0.4 is 20.0 Å². The first-order chi connectivity index (χ1) is 55.2. The van der Waals surface area contributed by atoms with Crippen molar-refractivity contribution in [2.75, 3.05) is 20.0 Å². The van der Waals surface area contributed by atoms with Crippen molar-refractivity contribution >= 4 is 217 Å². The summed E-state index contributed by atoms with van der Waals surface area (Å²) >= 11 is 14.9. The van der Waals surface area contributed by atoms with E-state index in [0.717, 1.165) is 87.2 Å². The van der Waals surface area contributed by atoms with Crippen LogP contribution in [-0.2, 0) is 0 Å². The second-order valence-corrected chi connectivity index (χ2v) is 32.4. The van der Waals surface area contributed by atoms with Crippen LogP contribution in [-0.4, -0.2) is 9.13 Å². The van der Waals surface area contributed by atoms with Crippen LogP contribution in [0.2, 0.25) is 0 Å². The van der Waals surface area contributed by atoms with Crippen LogP contribution in [0.5, 0.6) is 0 Å². The Morgan fingerprint density at radius 2 is 0.571 bits per heavy atom. The highest BCUT2D eigenvalue weighted by atomic mass is 79.9. The van der Waals surface area contributed by atoms with Crippen LogP contribution in [0.4, 0.5) is 62.6 Å². The number of hydrogen-bond acceptors (Lipinski definition) is 6. The number of unbranched alkanes of at least 4 members (excludes halogenated alkanes) is 2. The standard InChI is InChI=1S/C48H32BrN3S.C24H15Br2NS.C24H18N2.C5H12/c49-33-28-39(50(34-14-4-1-5-15-34)37-25-27-48-44(31-37)43-21-11-13-23-47(43)53-48)30-40(29-33)51(35-16-6-2-7-17-35)38-24-26-42-41-20-10-12-22-45(41)52(46(42)32-38)36-18-8-3-9-19-36;25-16-12-17(26)14-20(13-16)27(18-6-2-1-3-7-18)19-10-11-24-22(15-19)21-8-4-5-9-23(21)28-24;1-3-9-18(10-4-1)25-19-15-16-22-21-13-7-8-14-23(21)26(24(22)17-19)20-11-5-2-6-12-20;1-3-5-4-2/h1-32H;1-15H;1-17,25H;3-5H2,1-2H3. The van der Waals surface area contributed by atoms with Crippen molar-refractivity contribution in [2.24, 2.45) is 0 Å². The quantitative estimate of drug-likeness (QED) is 0.111. The van der Waals surface area contributed by atoms with E-state index in [4.69, 9.17) is 0 Å². The predicted octanol–water partition coefficient (Wildman–Crippen LogP) is 32.6. The van der Waals surface area contributed by atoms with Gasteiger partial charge in [0.15, 0.2) is 0 Å². The maximum absolute atomic E-state index is 3.96. The maximum Gasteiger partial charge on any atom is 0.0561 e. The fourth-order valence-electron chi connectivity index (χ4n) is 15.2. The zero-order chi connectivity index (χ0) is 75.9. The molecule has 0 amide bonds. The van der Waals surface area contributed by atoms with Gasteiger partial charge in [-0.3, -0.25) is 0 Å². The van der Waals surface area contributed by atoms with Gasteiger partial charge >= 0.3 is 0 Å². The number of para-hydroxylation sites is 8. The number of nitrogens with zero attached hydrogens (tertiary/aromatic N) is 5. The highest BCUT2D eigenvalue weighted by Crippen LogP contribution is 2.48. The lowest BCUT2D eigenvalue weighted by molar-refractivity contribution is 0.772. The number of rotatable bonds is 15. The van der Waals surface area contributed by atoms with E-state index in [1.807, 2.05) is 46.9 Å². The molecule has 16 aromatic carbocycles. The second kappa shape index (κ2) is 33.4. The molecule has 0 aliphatic carbocycles. The number of aromatic nitrogens is 2. The minimum absolute atomic E-state index is 0.994. The lowest BCUT2D eigenvalue weighted by atomic mass is 10.1. The molecule has 1 N–H and O–H groups in total. The normalized spacial score (nSPS) is 11.2. The smallest absolute Gasteiger partial charge is 0.0561 e. The third-order valence-electron chi connectivity index (χ3n) is 20.2. The van der Waals surface area contributed by atoms with Crippen LogP contribution >= 0.6 is 70.5 Å². The molecular formula is C101H77Br3N6S2. The average Bonchev–Trinajstić information content (AvgIpc) is 1.58. The third kappa shape index (κ3) is 15.3.